The van der Waals surface area contributed by atoms with Crippen LogP contribution >= 0.6 is 11.3 Å². The summed E-state index contributed by atoms with van der Waals surface area (Å²) in [6, 6.07) is 14.6. The van der Waals surface area contributed by atoms with Crippen LogP contribution in [-0.2, 0) is 4.79 Å². The van der Waals surface area contributed by atoms with E-state index in [1.807, 2.05) is 40.1 Å². The largest absolute Gasteiger partial charge is 0.478 e. The first-order valence-corrected chi connectivity index (χ1v) is 12.0. The molecule has 2 saturated heterocycles. The average Bonchev–Trinajstić information content (AvgIpc) is 3.54. The Morgan fingerprint density at radius 2 is 1.74 bits per heavy atom. The lowest BCUT2D eigenvalue weighted by Gasteiger charge is -2.37. The summed E-state index contributed by atoms with van der Waals surface area (Å²) in [4.78, 5) is 46.8. The highest BCUT2D eigenvalue weighted by Crippen LogP contribution is 2.30. The summed E-state index contributed by atoms with van der Waals surface area (Å²) < 4.78 is 0. The molecule has 1 N–H and O–H groups in total. The molecule has 2 fully saturated rings. The van der Waals surface area contributed by atoms with E-state index in [0.717, 1.165) is 29.9 Å². The van der Waals surface area contributed by atoms with Gasteiger partial charge in [-0.25, -0.2) is 9.78 Å². The molecule has 174 valence electrons. The number of hydrogen-bond donors (Lipinski definition) is 1. The van der Waals surface area contributed by atoms with Gasteiger partial charge in [-0.1, -0.05) is 24.3 Å². The predicted octanol–water partition coefficient (Wildman–Crippen LogP) is 3.07. The van der Waals surface area contributed by atoms with Gasteiger partial charge in [0.1, 0.15) is 0 Å². The normalized spacial score (nSPS) is 18.9. The highest BCUT2D eigenvalue weighted by atomic mass is 32.1. The summed E-state index contributed by atoms with van der Waals surface area (Å²) in [5, 5.41) is 11.6. The topological polar surface area (TPSA) is 94.1 Å². The molecule has 2 aromatic carbocycles. The van der Waals surface area contributed by atoms with E-state index in [1.54, 1.807) is 29.8 Å². The molecule has 1 aromatic heterocycles. The number of carboxylic acid groups (broad SMARTS) is 1. The van der Waals surface area contributed by atoms with Crippen molar-refractivity contribution in [3.8, 4) is 11.1 Å². The quantitative estimate of drug-likeness (QED) is 0.608. The number of aromatic nitrogens is 1. The number of carbonyl (C=O) groups is 3. The maximum absolute atomic E-state index is 12.9. The fraction of sp³-hybridized carbons (Fsp3) is 0.280. The molecule has 0 spiro atoms. The van der Waals surface area contributed by atoms with Crippen molar-refractivity contribution in [2.45, 2.75) is 12.5 Å². The predicted molar refractivity (Wildman–Crippen MR) is 129 cm³/mol. The van der Waals surface area contributed by atoms with Crippen LogP contribution in [0.25, 0.3) is 11.1 Å². The van der Waals surface area contributed by atoms with Crippen molar-refractivity contribution in [2.24, 2.45) is 0 Å². The van der Waals surface area contributed by atoms with E-state index in [1.165, 1.54) is 11.3 Å². The summed E-state index contributed by atoms with van der Waals surface area (Å²) in [6.45, 7) is 3.30. The Hall–Kier alpha value is -3.56. The molecule has 3 aromatic rings. The molecule has 8 nitrogen and oxygen atoms in total. The number of rotatable bonds is 5. The first-order chi connectivity index (χ1) is 16.5. The molecule has 1 unspecified atom stereocenters. The van der Waals surface area contributed by atoms with E-state index in [4.69, 9.17) is 0 Å². The zero-order chi connectivity index (χ0) is 23.7. The fourth-order valence-corrected chi connectivity index (χ4v) is 5.22. The minimum atomic E-state index is -0.969. The molecule has 5 rings (SSSR count). The number of carboxylic acids is 1. The van der Waals surface area contributed by atoms with Crippen LogP contribution in [0.1, 0.15) is 26.6 Å². The van der Waals surface area contributed by atoms with Crippen LogP contribution in [-0.4, -0.2) is 76.4 Å². The second-order valence-electron chi connectivity index (χ2n) is 8.46. The van der Waals surface area contributed by atoms with Crippen molar-refractivity contribution in [1.29, 1.82) is 0 Å². The number of carbonyl (C=O) groups excluding carboxylic acids is 2. The van der Waals surface area contributed by atoms with Crippen LogP contribution < -0.4 is 4.90 Å². The Balaban J connectivity index is 1.25. The monoisotopic (exact) mass is 476 g/mol. The first kappa shape index (κ1) is 22.2. The average molecular weight is 477 g/mol. The molecule has 2 aliphatic heterocycles. The third kappa shape index (κ3) is 4.44. The van der Waals surface area contributed by atoms with E-state index >= 15 is 0 Å². The van der Waals surface area contributed by atoms with Crippen molar-refractivity contribution >= 4 is 34.8 Å². The van der Waals surface area contributed by atoms with Gasteiger partial charge >= 0.3 is 5.97 Å². The van der Waals surface area contributed by atoms with Gasteiger partial charge in [0, 0.05) is 62.5 Å². The molecule has 1 atom stereocenters. The van der Waals surface area contributed by atoms with Gasteiger partial charge in [-0.2, -0.15) is 0 Å². The van der Waals surface area contributed by atoms with Gasteiger partial charge in [0.15, 0.2) is 5.01 Å². The molecule has 0 aliphatic carbocycles. The van der Waals surface area contributed by atoms with Crippen molar-refractivity contribution in [1.82, 2.24) is 14.8 Å². The van der Waals surface area contributed by atoms with Gasteiger partial charge in [0.2, 0.25) is 5.91 Å². The van der Waals surface area contributed by atoms with Crippen LogP contribution in [0.2, 0.25) is 0 Å². The molecule has 34 heavy (non-hydrogen) atoms. The van der Waals surface area contributed by atoms with Crippen LogP contribution in [0.5, 0.6) is 0 Å². The number of piperazine rings is 1. The lowest BCUT2D eigenvalue weighted by atomic mass is 10.0. The van der Waals surface area contributed by atoms with E-state index in [-0.39, 0.29) is 23.4 Å². The van der Waals surface area contributed by atoms with E-state index in [9.17, 15) is 19.5 Å². The van der Waals surface area contributed by atoms with Gasteiger partial charge in [-0.05, 0) is 35.4 Å². The fourth-order valence-electron chi connectivity index (χ4n) is 4.62. The summed E-state index contributed by atoms with van der Waals surface area (Å²) in [5.41, 5.74) is 2.70. The second-order valence-corrected chi connectivity index (χ2v) is 9.36. The smallest absolute Gasteiger partial charge is 0.335 e. The van der Waals surface area contributed by atoms with Gasteiger partial charge in [0.05, 0.1) is 5.56 Å². The van der Waals surface area contributed by atoms with Crippen molar-refractivity contribution in [2.75, 3.05) is 37.6 Å². The molecule has 0 saturated carbocycles. The standard InChI is InChI=1S/C25H24N4O4S/c30-22-15-21(27-8-10-28(11-9-27)24(31)23-26-7-12-34-23)16-29(22)20-6-2-4-18(14-20)17-3-1-5-19(13-17)25(32)33/h1-7,12-14,21H,8-11,15-16H2,(H,32,33). The third-order valence-corrected chi connectivity index (χ3v) is 7.20. The number of hydrogen-bond acceptors (Lipinski definition) is 6. The zero-order valence-electron chi connectivity index (χ0n) is 18.5. The molecular weight excluding hydrogens is 452 g/mol. The van der Waals surface area contributed by atoms with Crippen molar-refractivity contribution in [3.63, 3.8) is 0 Å². The minimum absolute atomic E-state index is 0.0254. The van der Waals surface area contributed by atoms with Crippen molar-refractivity contribution < 1.29 is 19.5 Å². The highest BCUT2D eigenvalue weighted by Gasteiger charge is 2.36. The summed E-state index contributed by atoms with van der Waals surface area (Å²) >= 11 is 1.35. The van der Waals surface area contributed by atoms with Crippen LogP contribution in [0, 0.1) is 0 Å². The molecule has 2 aliphatic rings. The van der Waals surface area contributed by atoms with E-state index < -0.39 is 5.97 Å². The third-order valence-electron chi connectivity index (χ3n) is 6.44. The highest BCUT2D eigenvalue weighted by molar-refractivity contribution is 7.11. The number of amides is 2. The maximum atomic E-state index is 12.9. The summed E-state index contributed by atoms with van der Waals surface area (Å²) in [6.07, 6.45) is 2.09. The molecular formula is C25H24N4O4S. The Morgan fingerprint density at radius 3 is 2.44 bits per heavy atom. The van der Waals surface area contributed by atoms with E-state index in [0.29, 0.717) is 31.1 Å². The Morgan fingerprint density at radius 1 is 1.00 bits per heavy atom. The number of aromatic carboxylic acids is 1. The lowest BCUT2D eigenvalue weighted by Crippen LogP contribution is -2.52. The van der Waals surface area contributed by atoms with Crippen LogP contribution in [0.4, 0.5) is 5.69 Å². The molecule has 0 radical (unpaired) electrons. The van der Waals surface area contributed by atoms with Gasteiger partial charge in [-0.3, -0.25) is 14.5 Å². The van der Waals surface area contributed by atoms with Crippen LogP contribution in [0.3, 0.4) is 0 Å². The van der Waals surface area contributed by atoms with Crippen LogP contribution in [0.15, 0.2) is 60.1 Å². The Labute approximate surface area is 201 Å². The molecule has 3 heterocycles. The first-order valence-electron chi connectivity index (χ1n) is 11.2. The Bertz CT molecular complexity index is 1220. The van der Waals surface area contributed by atoms with Gasteiger partial charge in [0.25, 0.3) is 5.91 Å². The number of anilines is 1. The van der Waals surface area contributed by atoms with Gasteiger partial charge < -0.3 is 14.9 Å². The van der Waals surface area contributed by atoms with E-state index in [2.05, 4.69) is 9.88 Å². The van der Waals surface area contributed by atoms with Crippen molar-refractivity contribution in [3.05, 3.63) is 70.7 Å². The number of thiazole rings is 1. The lowest BCUT2D eigenvalue weighted by molar-refractivity contribution is -0.117. The van der Waals surface area contributed by atoms with Gasteiger partial charge in [-0.15, -0.1) is 11.3 Å². The second kappa shape index (κ2) is 9.36. The Kier molecular flexibility index (Phi) is 6.12. The molecule has 0 bridgehead atoms. The zero-order valence-corrected chi connectivity index (χ0v) is 19.3. The number of benzene rings is 2. The SMILES string of the molecule is O=C(O)c1cccc(-c2cccc(N3CC(N4CCN(C(=O)c5nccs5)CC4)CC3=O)c2)c1. The molecule has 2 amide bonds. The summed E-state index contributed by atoms with van der Waals surface area (Å²) in [5.74, 6) is -0.922. The minimum Gasteiger partial charge on any atom is -0.478 e. The maximum Gasteiger partial charge on any atom is 0.335 e. The summed E-state index contributed by atoms with van der Waals surface area (Å²) in [7, 11) is 0. The number of nitrogens with zero attached hydrogens (tertiary/aromatic N) is 4. The molecule has 9 heteroatoms.